The Morgan fingerprint density at radius 3 is 2.71 bits per heavy atom. The van der Waals surface area contributed by atoms with Crippen LogP contribution in [0.1, 0.15) is 56.6 Å². The number of hydrogen-bond donors (Lipinski definition) is 3. The van der Waals surface area contributed by atoms with E-state index in [1.54, 1.807) is 0 Å². The van der Waals surface area contributed by atoms with E-state index in [0.717, 1.165) is 17.0 Å². The molecule has 0 aliphatic heterocycles. The number of hydrogen-bond acceptors (Lipinski definition) is 2. The van der Waals surface area contributed by atoms with Gasteiger partial charge in [-0.15, -0.1) is 0 Å². The van der Waals surface area contributed by atoms with E-state index in [-0.39, 0.29) is 5.69 Å². The molecule has 0 spiro atoms. The molecule has 0 radical (unpaired) electrons. The number of imidazole rings is 1. The van der Waals surface area contributed by atoms with Crippen molar-refractivity contribution in [2.45, 2.75) is 51.0 Å². The maximum atomic E-state index is 11.3. The topological polar surface area (TPSA) is 60.7 Å². The number of aromatic nitrogens is 2. The summed E-state index contributed by atoms with van der Waals surface area (Å²) in [7, 11) is 2.02. The van der Waals surface area contributed by atoms with E-state index in [0.29, 0.717) is 6.04 Å². The molecule has 1 saturated carbocycles. The Hall–Kier alpha value is -1.55. The van der Waals surface area contributed by atoms with Gasteiger partial charge in [0.1, 0.15) is 0 Å². The van der Waals surface area contributed by atoms with Crippen molar-refractivity contribution in [3.63, 3.8) is 0 Å². The van der Waals surface area contributed by atoms with Crippen LogP contribution in [0.5, 0.6) is 0 Å². The van der Waals surface area contributed by atoms with Crippen LogP contribution in [-0.4, -0.2) is 17.0 Å². The lowest BCUT2D eigenvalue weighted by molar-refractivity contribution is 0.317. The molecule has 0 saturated heterocycles. The molecule has 3 rings (SSSR count). The molecular formula is C17H25N3O. The normalized spacial score (nSPS) is 18.1. The first kappa shape index (κ1) is 14.4. The van der Waals surface area contributed by atoms with E-state index < -0.39 is 0 Å². The molecule has 1 fully saturated rings. The van der Waals surface area contributed by atoms with Crippen molar-refractivity contribution in [1.82, 2.24) is 15.3 Å². The zero-order valence-corrected chi connectivity index (χ0v) is 12.7. The van der Waals surface area contributed by atoms with Crippen LogP contribution in [0.3, 0.4) is 0 Å². The van der Waals surface area contributed by atoms with Crippen molar-refractivity contribution >= 4 is 11.0 Å². The molecule has 2 aromatic rings. The van der Waals surface area contributed by atoms with Gasteiger partial charge in [0.25, 0.3) is 0 Å². The minimum atomic E-state index is -0.134. The number of nitrogens with one attached hydrogen (secondary N) is 3. The predicted molar refractivity (Wildman–Crippen MR) is 86.5 cm³/mol. The fraction of sp³-hybridized carbons (Fsp3) is 0.588. The van der Waals surface area contributed by atoms with Gasteiger partial charge in [0.05, 0.1) is 11.0 Å². The molecule has 4 heteroatoms. The zero-order valence-electron chi connectivity index (χ0n) is 12.7. The van der Waals surface area contributed by atoms with Crippen LogP contribution >= 0.6 is 0 Å². The Labute approximate surface area is 125 Å². The second-order valence-corrected chi connectivity index (χ2v) is 6.31. The highest BCUT2D eigenvalue weighted by Gasteiger charge is 2.17. The van der Waals surface area contributed by atoms with Gasteiger partial charge in [0, 0.05) is 6.04 Å². The summed E-state index contributed by atoms with van der Waals surface area (Å²) in [6.07, 6.45) is 9.51. The van der Waals surface area contributed by atoms with Gasteiger partial charge in [-0.05, 0) is 43.5 Å². The average Bonchev–Trinajstić information content (AvgIpc) is 2.88. The van der Waals surface area contributed by atoms with Crippen LogP contribution in [0.4, 0.5) is 0 Å². The fourth-order valence-electron chi connectivity index (χ4n) is 3.62. The highest BCUT2D eigenvalue weighted by Crippen LogP contribution is 2.30. The summed E-state index contributed by atoms with van der Waals surface area (Å²) in [5.74, 6) is 0.908. The third-order valence-electron chi connectivity index (χ3n) is 4.88. The Morgan fingerprint density at radius 1 is 1.19 bits per heavy atom. The highest BCUT2D eigenvalue weighted by molar-refractivity contribution is 5.75. The molecule has 4 nitrogen and oxygen atoms in total. The number of H-pyrrole nitrogens is 2. The fourth-order valence-corrected chi connectivity index (χ4v) is 3.62. The molecular weight excluding hydrogens is 262 g/mol. The van der Waals surface area contributed by atoms with E-state index >= 15 is 0 Å². The monoisotopic (exact) mass is 287 g/mol. The second-order valence-electron chi connectivity index (χ2n) is 6.31. The van der Waals surface area contributed by atoms with E-state index in [4.69, 9.17) is 0 Å². The van der Waals surface area contributed by atoms with Crippen LogP contribution in [0.15, 0.2) is 23.0 Å². The van der Waals surface area contributed by atoms with Crippen LogP contribution in [0.25, 0.3) is 11.0 Å². The molecule has 1 unspecified atom stereocenters. The zero-order chi connectivity index (χ0) is 14.7. The largest absolute Gasteiger partial charge is 0.323 e. The quantitative estimate of drug-likeness (QED) is 0.788. The lowest BCUT2D eigenvalue weighted by Crippen LogP contribution is -2.18. The van der Waals surface area contributed by atoms with Gasteiger partial charge < -0.3 is 15.3 Å². The molecule has 1 atom stereocenters. The summed E-state index contributed by atoms with van der Waals surface area (Å²) >= 11 is 0. The number of aromatic amines is 2. The number of benzene rings is 1. The van der Waals surface area contributed by atoms with Gasteiger partial charge in [0.2, 0.25) is 0 Å². The van der Waals surface area contributed by atoms with Gasteiger partial charge in [-0.3, -0.25) is 0 Å². The van der Waals surface area contributed by atoms with Crippen LogP contribution in [0, 0.1) is 5.92 Å². The minimum absolute atomic E-state index is 0.134. The van der Waals surface area contributed by atoms with Crippen molar-refractivity contribution in [3.05, 3.63) is 34.2 Å². The van der Waals surface area contributed by atoms with Gasteiger partial charge in [-0.1, -0.05) is 38.2 Å². The summed E-state index contributed by atoms with van der Waals surface area (Å²) < 4.78 is 0. The molecule has 0 bridgehead atoms. The Morgan fingerprint density at radius 2 is 1.95 bits per heavy atom. The second kappa shape index (κ2) is 6.48. The molecule has 1 aromatic heterocycles. The van der Waals surface area contributed by atoms with Crippen molar-refractivity contribution in [2.75, 3.05) is 7.05 Å². The number of rotatable bonds is 5. The maximum absolute atomic E-state index is 11.3. The Balaban J connectivity index is 1.69. The average molecular weight is 287 g/mol. The van der Waals surface area contributed by atoms with Gasteiger partial charge >= 0.3 is 5.69 Å². The van der Waals surface area contributed by atoms with Crippen LogP contribution in [-0.2, 0) is 0 Å². The van der Waals surface area contributed by atoms with Gasteiger partial charge in [0.15, 0.2) is 0 Å². The van der Waals surface area contributed by atoms with Crippen molar-refractivity contribution < 1.29 is 0 Å². The number of fused-ring (bicyclic) bond motifs is 1. The Kier molecular flexibility index (Phi) is 4.44. The van der Waals surface area contributed by atoms with Gasteiger partial charge in [-0.2, -0.15) is 0 Å². The minimum Gasteiger partial charge on any atom is -0.313 e. The summed E-state index contributed by atoms with van der Waals surface area (Å²) in [5, 5.41) is 3.43. The molecule has 21 heavy (non-hydrogen) atoms. The van der Waals surface area contributed by atoms with Crippen LogP contribution < -0.4 is 11.0 Å². The summed E-state index contributed by atoms with van der Waals surface area (Å²) in [6.45, 7) is 0. The lowest BCUT2D eigenvalue weighted by Gasteiger charge is -2.24. The van der Waals surface area contributed by atoms with Gasteiger partial charge in [-0.25, -0.2) is 4.79 Å². The first-order chi connectivity index (χ1) is 10.3. The van der Waals surface area contributed by atoms with Crippen molar-refractivity contribution in [3.8, 4) is 0 Å². The first-order valence-corrected chi connectivity index (χ1v) is 8.15. The van der Waals surface area contributed by atoms with Crippen LogP contribution in [0.2, 0.25) is 0 Å². The van der Waals surface area contributed by atoms with E-state index in [1.807, 2.05) is 13.1 Å². The standard InChI is InChI=1S/C17H25N3O/c1-18-14(9-7-12-5-3-2-4-6-12)13-8-10-15-16(11-13)20-17(21)19-15/h8,10-12,14,18H,2-7,9H2,1H3,(H2,19,20,21). The summed E-state index contributed by atoms with van der Waals surface area (Å²) in [6, 6.07) is 6.58. The predicted octanol–water partition coefficient (Wildman–Crippen LogP) is 3.48. The van der Waals surface area contributed by atoms with E-state index in [2.05, 4.69) is 27.4 Å². The third kappa shape index (κ3) is 3.38. The summed E-state index contributed by atoms with van der Waals surface area (Å²) in [5.41, 5.74) is 2.91. The molecule has 1 aromatic carbocycles. The molecule has 1 aliphatic rings. The van der Waals surface area contributed by atoms with E-state index in [1.165, 1.54) is 50.5 Å². The summed E-state index contributed by atoms with van der Waals surface area (Å²) in [4.78, 5) is 17.0. The highest BCUT2D eigenvalue weighted by atomic mass is 16.1. The molecule has 0 amide bonds. The van der Waals surface area contributed by atoms with E-state index in [9.17, 15) is 4.79 Å². The van der Waals surface area contributed by atoms with Crippen molar-refractivity contribution in [2.24, 2.45) is 5.92 Å². The smallest absolute Gasteiger partial charge is 0.313 e. The lowest BCUT2D eigenvalue weighted by atomic mass is 9.84. The SMILES string of the molecule is CNC(CCC1CCCCC1)c1ccc2[nH]c(=O)[nH]c2c1. The Bertz CT molecular complexity index is 637. The third-order valence-corrected chi connectivity index (χ3v) is 4.88. The molecule has 114 valence electrons. The molecule has 1 aliphatic carbocycles. The maximum Gasteiger partial charge on any atom is 0.323 e. The molecule has 3 N–H and O–H groups in total. The molecule has 1 heterocycles. The van der Waals surface area contributed by atoms with Crippen molar-refractivity contribution in [1.29, 1.82) is 0 Å². The first-order valence-electron chi connectivity index (χ1n) is 8.15.